The van der Waals surface area contributed by atoms with Gasteiger partial charge in [0.05, 0.1) is 0 Å². The molecule has 0 radical (unpaired) electrons. The largest absolute Gasteiger partial charge is 0.479 e. The molecule has 0 aliphatic rings. The van der Waals surface area contributed by atoms with Crippen molar-refractivity contribution in [2.45, 2.75) is 19.9 Å². The summed E-state index contributed by atoms with van der Waals surface area (Å²) >= 11 is 0. The van der Waals surface area contributed by atoms with E-state index in [1.807, 2.05) is 19.9 Å². The van der Waals surface area contributed by atoms with E-state index in [-0.39, 0.29) is 0 Å². The maximum Gasteiger partial charge on any atom is 0.330 e. The smallest absolute Gasteiger partial charge is 0.330 e. The van der Waals surface area contributed by atoms with Crippen LogP contribution in [0.25, 0.3) is 0 Å². The molecular formula is C16H21NO2. The molecule has 0 aromatic rings. The molecule has 102 valence electrons. The highest BCUT2D eigenvalue weighted by atomic mass is 16.4. The first kappa shape index (κ1) is 16.7. The topological polar surface area (TPSA) is 49.3 Å². The number of hydrogen-bond acceptors (Lipinski definition) is 2. The molecule has 19 heavy (non-hydrogen) atoms. The molecule has 0 saturated heterocycles. The van der Waals surface area contributed by atoms with Gasteiger partial charge in [-0.25, -0.2) is 4.79 Å². The fraction of sp³-hybridized carbons (Fsp3) is 0.188. The van der Waals surface area contributed by atoms with Gasteiger partial charge in [0, 0.05) is 5.70 Å². The molecule has 0 aliphatic carbocycles. The highest BCUT2D eigenvalue weighted by Crippen LogP contribution is 2.08. The molecule has 3 nitrogen and oxygen atoms in total. The minimum absolute atomic E-state index is 0.594. The fourth-order valence-electron chi connectivity index (χ4n) is 1.34. The Labute approximate surface area is 115 Å². The molecule has 0 rings (SSSR count). The van der Waals surface area contributed by atoms with Crippen molar-refractivity contribution in [3.63, 3.8) is 0 Å². The van der Waals surface area contributed by atoms with Crippen LogP contribution in [0.4, 0.5) is 0 Å². The molecule has 0 amide bonds. The Kier molecular flexibility index (Phi) is 8.54. The predicted octanol–water partition coefficient (Wildman–Crippen LogP) is 3.36. The van der Waals surface area contributed by atoms with Crippen molar-refractivity contribution in [1.29, 1.82) is 0 Å². The van der Waals surface area contributed by atoms with Gasteiger partial charge in [-0.3, -0.25) is 0 Å². The summed E-state index contributed by atoms with van der Waals surface area (Å²) in [6.07, 6.45) is 13.8. The number of carbonyl (C=O) groups is 1. The Hall–Kier alpha value is -2.29. The summed E-state index contributed by atoms with van der Waals surface area (Å²) in [6, 6.07) is -0.839. The Bertz CT molecular complexity index is 440. The van der Waals surface area contributed by atoms with Crippen molar-refractivity contribution in [3.05, 3.63) is 73.0 Å². The second kappa shape index (κ2) is 9.71. The van der Waals surface area contributed by atoms with Gasteiger partial charge in [-0.2, -0.15) is 0 Å². The standard InChI is InChI=1S/C16H21NO2/c1-5-9-11-13(7-3)15(16(18)19)17-14(8-4)12-10-6-2/h5-12,15,17H,2-3H2,1,4H3,(H,18,19)/b9-5-,12-10-,13-11+,14-8+/t15-/m1/s1. The number of carboxylic acid groups (broad SMARTS) is 1. The van der Waals surface area contributed by atoms with Gasteiger partial charge in [-0.1, -0.05) is 55.7 Å². The maximum absolute atomic E-state index is 11.3. The second-order valence-corrected chi connectivity index (χ2v) is 3.65. The molecule has 0 aromatic carbocycles. The predicted molar refractivity (Wildman–Crippen MR) is 80.7 cm³/mol. The lowest BCUT2D eigenvalue weighted by Gasteiger charge is -2.17. The van der Waals surface area contributed by atoms with Crippen LogP contribution in [-0.2, 0) is 4.79 Å². The van der Waals surface area contributed by atoms with Gasteiger partial charge < -0.3 is 10.4 Å². The second-order valence-electron chi connectivity index (χ2n) is 3.65. The van der Waals surface area contributed by atoms with Gasteiger partial charge in [0.1, 0.15) is 0 Å². The van der Waals surface area contributed by atoms with Crippen LogP contribution in [0.2, 0.25) is 0 Å². The van der Waals surface area contributed by atoms with E-state index in [9.17, 15) is 9.90 Å². The average Bonchev–Trinajstić information content (AvgIpc) is 2.41. The molecule has 0 bridgehead atoms. The summed E-state index contributed by atoms with van der Waals surface area (Å²) in [5, 5.41) is 12.2. The van der Waals surface area contributed by atoms with Crippen LogP contribution in [0.5, 0.6) is 0 Å². The van der Waals surface area contributed by atoms with E-state index in [0.717, 1.165) is 0 Å². The van der Waals surface area contributed by atoms with E-state index in [4.69, 9.17) is 0 Å². The molecule has 3 heteroatoms. The fourth-order valence-corrected chi connectivity index (χ4v) is 1.34. The number of rotatable bonds is 8. The van der Waals surface area contributed by atoms with E-state index >= 15 is 0 Å². The van der Waals surface area contributed by atoms with Crippen molar-refractivity contribution in [3.8, 4) is 0 Å². The third kappa shape index (κ3) is 6.27. The Morgan fingerprint density at radius 2 is 1.95 bits per heavy atom. The van der Waals surface area contributed by atoms with Gasteiger partial charge in [0.2, 0.25) is 0 Å². The van der Waals surface area contributed by atoms with Gasteiger partial charge in [-0.05, 0) is 25.5 Å². The third-order valence-electron chi connectivity index (χ3n) is 2.33. The van der Waals surface area contributed by atoms with Gasteiger partial charge in [-0.15, -0.1) is 0 Å². The Balaban J connectivity index is 5.21. The molecule has 0 saturated carbocycles. The van der Waals surface area contributed by atoms with Crippen LogP contribution in [0.3, 0.4) is 0 Å². The van der Waals surface area contributed by atoms with Crippen LogP contribution in [0.1, 0.15) is 13.8 Å². The number of nitrogens with one attached hydrogen (secondary N) is 1. The first-order chi connectivity index (χ1) is 9.10. The summed E-state index contributed by atoms with van der Waals surface area (Å²) in [4.78, 5) is 11.3. The maximum atomic E-state index is 11.3. The van der Waals surface area contributed by atoms with E-state index in [1.54, 1.807) is 36.5 Å². The van der Waals surface area contributed by atoms with E-state index in [0.29, 0.717) is 11.3 Å². The zero-order valence-electron chi connectivity index (χ0n) is 11.5. The van der Waals surface area contributed by atoms with E-state index in [1.165, 1.54) is 6.08 Å². The Morgan fingerprint density at radius 1 is 1.26 bits per heavy atom. The first-order valence-electron chi connectivity index (χ1n) is 6.00. The minimum Gasteiger partial charge on any atom is -0.479 e. The van der Waals surface area contributed by atoms with Crippen LogP contribution < -0.4 is 5.32 Å². The number of carboxylic acids is 1. The van der Waals surface area contributed by atoms with Gasteiger partial charge >= 0.3 is 5.97 Å². The van der Waals surface area contributed by atoms with Crippen molar-refractivity contribution in [2.24, 2.45) is 0 Å². The quantitative estimate of drug-likeness (QED) is 0.657. The molecular weight excluding hydrogens is 238 g/mol. The first-order valence-corrected chi connectivity index (χ1v) is 6.00. The summed E-state index contributed by atoms with van der Waals surface area (Å²) in [7, 11) is 0. The zero-order chi connectivity index (χ0) is 14.7. The molecule has 0 heterocycles. The average molecular weight is 259 g/mol. The summed E-state index contributed by atoms with van der Waals surface area (Å²) < 4.78 is 0. The lowest BCUT2D eigenvalue weighted by Crippen LogP contribution is -2.37. The van der Waals surface area contributed by atoms with Crippen molar-refractivity contribution >= 4 is 5.97 Å². The molecule has 0 unspecified atom stereocenters. The number of allylic oxidation sites excluding steroid dienone is 7. The SMILES string of the molecule is C=C/C=C\C(=C/C)N[C@@H](C(=O)O)/C(C=C)=C/C=C\C. The monoisotopic (exact) mass is 259 g/mol. The summed E-state index contributed by atoms with van der Waals surface area (Å²) in [5.41, 5.74) is 1.30. The molecule has 0 spiro atoms. The van der Waals surface area contributed by atoms with Crippen molar-refractivity contribution in [1.82, 2.24) is 5.32 Å². The van der Waals surface area contributed by atoms with E-state index < -0.39 is 12.0 Å². The molecule has 0 fully saturated rings. The van der Waals surface area contributed by atoms with Gasteiger partial charge in [0.15, 0.2) is 6.04 Å². The van der Waals surface area contributed by atoms with Crippen LogP contribution in [-0.4, -0.2) is 17.1 Å². The van der Waals surface area contributed by atoms with Crippen LogP contribution in [0, 0.1) is 0 Å². The van der Waals surface area contributed by atoms with E-state index in [2.05, 4.69) is 18.5 Å². The zero-order valence-corrected chi connectivity index (χ0v) is 11.5. The molecule has 2 N–H and O–H groups in total. The highest BCUT2D eigenvalue weighted by Gasteiger charge is 2.19. The number of aliphatic carboxylic acids is 1. The van der Waals surface area contributed by atoms with Crippen molar-refractivity contribution < 1.29 is 9.90 Å². The third-order valence-corrected chi connectivity index (χ3v) is 2.33. The lowest BCUT2D eigenvalue weighted by atomic mass is 10.1. The molecule has 0 aliphatic heterocycles. The van der Waals surface area contributed by atoms with Crippen LogP contribution >= 0.6 is 0 Å². The normalized spacial score (nSPS) is 14.6. The molecule has 0 aromatic heterocycles. The van der Waals surface area contributed by atoms with Crippen LogP contribution in [0.15, 0.2) is 73.0 Å². The molecule has 1 atom stereocenters. The highest BCUT2D eigenvalue weighted by molar-refractivity contribution is 5.79. The minimum atomic E-state index is -0.956. The van der Waals surface area contributed by atoms with Crippen molar-refractivity contribution in [2.75, 3.05) is 0 Å². The van der Waals surface area contributed by atoms with Gasteiger partial charge in [0.25, 0.3) is 0 Å². The summed E-state index contributed by atoms with van der Waals surface area (Å²) in [5.74, 6) is -0.956. The lowest BCUT2D eigenvalue weighted by molar-refractivity contribution is -0.138. The Morgan fingerprint density at radius 3 is 2.37 bits per heavy atom. The number of hydrogen-bond donors (Lipinski definition) is 2. The summed E-state index contributed by atoms with van der Waals surface area (Å²) in [6.45, 7) is 10.9.